The quantitative estimate of drug-likeness (QED) is 0.569. The number of alkyl halides is 2. The molecule has 0 aromatic carbocycles. The summed E-state index contributed by atoms with van der Waals surface area (Å²) in [5.74, 6) is -0.726. The van der Waals surface area contributed by atoms with Crippen LogP contribution in [0.15, 0.2) is 12.1 Å². The highest BCUT2D eigenvalue weighted by molar-refractivity contribution is 6.29. The normalized spacial score (nSPS) is 10.4. The zero-order chi connectivity index (χ0) is 10.7. The van der Waals surface area contributed by atoms with Crippen molar-refractivity contribution in [3.05, 3.63) is 28.5 Å². The predicted octanol–water partition coefficient (Wildman–Crippen LogP) is 2.46. The van der Waals surface area contributed by atoms with Gasteiger partial charge < -0.3 is 4.74 Å². The molecule has 0 spiro atoms. The number of hydrogen-bond acceptors (Lipinski definition) is 3. The molecule has 76 valence electrons. The standard InChI is InChI=1S/C8H6ClF2NO2/c1-14-8(13)4-2-5(7(10)11)12-6(9)3-4/h2-3,7H,1H3. The van der Waals surface area contributed by atoms with Crippen molar-refractivity contribution >= 4 is 17.6 Å². The smallest absolute Gasteiger partial charge is 0.338 e. The Balaban J connectivity index is 3.13. The Morgan fingerprint density at radius 2 is 2.21 bits per heavy atom. The summed E-state index contributed by atoms with van der Waals surface area (Å²) in [5, 5.41) is -0.164. The van der Waals surface area contributed by atoms with E-state index in [0.717, 1.165) is 13.2 Å². The number of hydrogen-bond donors (Lipinski definition) is 0. The number of halogens is 3. The first-order valence-corrected chi connectivity index (χ1v) is 3.96. The van der Waals surface area contributed by atoms with E-state index in [9.17, 15) is 13.6 Å². The lowest BCUT2D eigenvalue weighted by Gasteiger charge is -2.03. The molecule has 0 fully saturated rings. The van der Waals surface area contributed by atoms with Gasteiger partial charge in [0, 0.05) is 0 Å². The average Bonchev–Trinajstić information content (AvgIpc) is 2.15. The Morgan fingerprint density at radius 1 is 1.57 bits per heavy atom. The number of carbonyl (C=O) groups is 1. The van der Waals surface area contributed by atoms with E-state index in [0.29, 0.717) is 0 Å². The van der Waals surface area contributed by atoms with E-state index in [1.165, 1.54) is 6.07 Å². The minimum absolute atomic E-state index is 0.0391. The van der Waals surface area contributed by atoms with Crippen LogP contribution >= 0.6 is 11.6 Å². The van der Waals surface area contributed by atoms with Gasteiger partial charge in [0.15, 0.2) is 0 Å². The molecular formula is C8H6ClF2NO2. The van der Waals surface area contributed by atoms with Crippen molar-refractivity contribution in [2.75, 3.05) is 7.11 Å². The number of carbonyl (C=O) groups excluding carboxylic acids is 1. The molecule has 1 heterocycles. The zero-order valence-corrected chi connectivity index (χ0v) is 7.89. The van der Waals surface area contributed by atoms with Crippen LogP contribution in [0.5, 0.6) is 0 Å². The van der Waals surface area contributed by atoms with Crippen molar-refractivity contribution in [3.63, 3.8) is 0 Å². The Hall–Kier alpha value is -1.23. The first-order chi connectivity index (χ1) is 6.54. The molecule has 6 heteroatoms. The number of nitrogens with zero attached hydrogens (tertiary/aromatic N) is 1. The first-order valence-electron chi connectivity index (χ1n) is 3.58. The number of aromatic nitrogens is 1. The SMILES string of the molecule is COC(=O)c1cc(Cl)nc(C(F)F)c1. The number of pyridine rings is 1. The van der Waals surface area contributed by atoms with E-state index in [2.05, 4.69) is 9.72 Å². The second-order valence-electron chi connectivity index (χ2n) is 2.40. The number of ether oxygens (including phenoxy) is 1. The highest BCUT2D eigenvalue weighted by Crippen LogP contribution is 2.20. The fourth-order valence-corrected chi connectivity index (χ4v) is 1.08. The summed E-state index contributed by atoms with van der Waals surface area (Å²) in [5.41, 5.74) is -0.583. The lowest BCUT2D eigenvalue weighted by molar-refractivity contribution is 0.0600. The summed E-state index contributed by atoms with van der Waals surface area (Å²) in [7, 11) is 1.15. The van der Waals surface area contributed by atoms with E-state index in [4.69, 9.17) is 11.6 Å². The maximum atomic E-state index is 12.2. The van der Waals surface area contributed by atoms with E-state index < -0.39 is 18.1 Å². The number of methoxy groups -OCH3 is 1. The zero-order valence-electron chi connectivity index (χ0n) is 7.13. The molecule has 0 saturated carbocycles. The van der Waals surface area contributed by atoms with E-state index in [-0.39, 0.29) is 10.7 Å². The average molecular weight is 222 g/mol. The van der Waals surface area contributed by atoms with Crippen LogP contribution in [0.2, 0.25) is 5.15 Å². The van der Waals surface area contributed by atoms with Gasteiger partial charge in [-0.25, -0.2) is 18.6 Å². The maximum Gasteiger partial charge on any atom is 0.338 e. The fraction of sp³-hybridized carbons (Fsp3) is 0.250. The Labute approximate surface area is 83.7 Å². The van der Waals surface area contributed by atoms with Gasteiger partial charge >= 0.3 is 5.97 Å². The van der Waals surface area contributed by atoms with Gasteiger partial charge in [-0.3, -0.25) is 0 Å². The molecule has 1 aromatic rings. The summed E-state index contributed by atoms with van der Waals surface area (Å²) in [4.78, 5) is 14.3. The molecular weight excluding hydrogens is 216 g/mol. The van der Waals surface area contributed by atoms with Gasteiger partial charge in [0.2, 0.25) is 0 Å². The number of rotatable bonds is 2. The van der Waals surface area contributed by atoms with Crippen LogP contribution in [-0.2, 0) is 4.74 Å². The largest absolute Gasteiger partial charge is 0.465 e. The second-order valence-corrected chi connectivity index (χ2v) is 2.78. The van der Waals surface area contributed by atoms with Crippen LogP contribution in [0.4, 0.5) is 8.78 Å². The van der Waals surface area contributed by atoms with Gasteiger partial charge in [0.1, 0.15) is 10.8 Å². The molecule has 0 aliphatic carbocycles. The van der Waals surface area contributed by atoms with Crippen LogP contribution in [0.1, 0.15) is 22.5 Å². The molecule has 0 radical (unpaired) electrons. The molecule has 0 saturated heterocycles. The summed E-state index contributed by atoms with van der Waals surface area (Å²) >= 11 is 5.44. The summed E-state index contributed by atoms with van der Waals surface area (Å²) in [6.45, 7) is 0. The maximum absolute atomic E-state index is 12.2. The molecule has 0 bridgehead atoms. The third-order valence-electron chi connectivity index (χ3n) is 1.46. The van der Waals surface area contributed by atoms with Crippen LogP contribution in [0, 0.1) is 0 Å². The molecule has 14 heavy (non-hydrogen) atoms. The van der Waals surface area contributed by atoms with Gasteiger partial charge in [0.25, 0.3) is 6.43 Å². The Bertz CT molecular complexity index is 357. The molecule has 1 aromatic heterocycles. The minimum Gasteiger partial charge on any atom is -0.465 e. The molecule has 0 aliphatic rings. The minimum atomic E-state index is -2.77. The van der Waals surface area contributed by atoms with Gasteiger partial charge in [-0.1, -0.05) is 11.6 Å². The number of esters is 1. The lowest BCUT2D eigenvalue weighted by Crippen LogP contribution is -2.03. The van der Waals surface area contributed by atoms with Crippen molar-refractivity contribution in [3.8, 4) is 0 Å². The predicted molar refractivity (Wildman–Crippen MR) is 45.5 cm³/mol. The summed E-state index contributed by atoms with van der Waals surface area (Å²) < 4.78 is 28.8. The van der Waals surface area contributed by atoms with Gasteiger partial charge in [-0.05, 0) is 12.1 Å². The van der Waals surface area contributed by atoms with Crippen molar-refractivity contribution in [1.29, 1.82) is 0 Å². The van der Waals surface area contributed by atoms with Crippen molar-refractivity contribution in [1.82, 2.24) is 4.98 Å². The van der Waals surface area contributed by atoms with Crippen molar-refractivity contribution in [2.45, 2.75) is 6.43 Å². The lowest BCUT2D eigenvalue weighted by atomic mass is 10.2. The third kappa shape index (κ3) is 2.38. The molecule has 0 aliphatic heterocycles. The first kappa shape index (κ1) is 10.8. The van der Waals surface area contributed by atoms with E-state index >= 15 is 0 Å². The van der Waals surface area contributed by atoms with E-state index in [1.54, 1.807) is 0 Å². The molecule has 0 atom stereocenters. The molecule has 0 N–H and O–H groups in total. The molecule has 3 nitrogen and oxygen atoms in total. The third-order valence-corrected chi connectivity index (χ3v) is 1.65. The van der Waals surface area contributed by atoms with Gasteiger partial charge in [0.05, 0.1) is 12.7 Å². The second kappa shape index (κ2) is 4.32. The monoisotopic (exact) mass is 221 g/mol. The van der Waals surface area contributed by atoms with Crippen LogP contribution in [0.25, 0.3) is 0 Å². The fourth-order valence-electron chi connectivity index (χ4n) is 0.865. The van der Waals surface area contributed by atoms with Crippen molar-refractivity contribution < 1.29 is 18.3 Å². The van der Waals surface area contributed by atoms with Crippen LogP contribution in [-0.4, -0.2) is 18.1 Å². The molecule has 0 amide bonds. The highest BCUT2D eigenvalue weighted by Gasteiger charge is 2.14. The highest BCUT2D eigenvalue weighted by atomic mass is 35.5. The Morgan fingerprint density at radius 3 is 2.71 bits per heavy atom. The van der Waals surface area contributed by atoms with Gasteiger partial charge in [-0.2, -0.15) is 0 Å². The molecule has 0 unspecified atom stereocenters. The van der Waals surface area contributed by atoms with Crippen molar-refractivity contribution in [2.24, 2.45) is 0 Å². The van der Waals surface area contributed by atoms with E-state index in [1.807, 2.05) is 0 Å². The van der Waals surface area contributed by atoms with Crippen LogP contribution < -0.4 is 0 Å². The summed E-state index contributed by atoms with van der Waals surface area (Å²) in [6, 6.07) is 2.11. The van der Waals surface area contributed by atoms with Crippen LogP contribution in [0.3, 0.4) is 0 Å². The van der Waals surface area contributed by atoms with Gasteiger partial charge in [-0.15, -0.1) is 0 Å². The topological polar surface area (TPSA) is 39.2 Å². The summed E-state index contributed by atoms with van der Waals surface area (Å²) in [6.07, 6.45) is -2.77. The Kier molecular flexibility index (Phi) is 3.35. The molecule has 1 rings (SSSR count).